The molecule has 1 heterocycles. The van der Waals surface area contributed by atoms with Crippen molar-refractivity contribution in [3.05, 3.63) is 16.9 Å². The van der Waals surface area contributed by atoms with E-state index >= 15 is 0 Å². The Balaban J connectivity index is 2.08. The van der Waals surface area contributed by atoms with Gasteiger partial charge in [-0.25, -0.2) is 0 Å². The van der Waals surface area contributed by atoms with Crippen molar-refractivity contribution in [3.63, 3.8) is 0 Å². The van der Waals surface area contributed by atoms with E-state index in [-0.39, 0.29) is 0 Å². The second-order valence-corrected chi connectivity index (χ2v) is 7.25. The first kappa shape index (κ1) is 15.8. The first-order chi connectivity index (χ1) is 9.49. The highest BCUT2D eigenvalue weighted by molar-refractivity contribution is 6.31. The predicted molar refractivity (Wildman–Crippen MR) is 85.2 cm³/mol. The van der Waals surface area contributed by atoms with Crippen LogP contribution < -0.4 is 5.32 Å². The van der Waals surface area contributed by atoms with Gasteiger partial charge in [-0.1, -0.05) is 38.8 Å². The molecule has 3 nitrogen and oxygen atoms in total. The van der Waals surface area contributed by atoms with Gasteiger partial charge in [0.1, 0.15) is 0 Å². The average Bonchev–Trinajstić information content (AvgIpc) is 2.70. The molecule has 0 spiro atoms. The molecule has 1 fully saturated rings. The summed E-state index contributed by atoms with van der Waals surface area (Å²) in [5.74, 6) is 2.71. The Labute approximate surface area is 128 Å². The van der Waals surface area contributed by atoms with Crippen LogP contribution in [-0.2, 0) is 7.05 Å². The van der Waals surface area contributed by atoms with Gasteiger partial charge in [0.15, 0.2) is 0 Å². The van der Waals surface area contributed by atoms with Crippen LogP contribution in [-0.4, -0.2) is 22.9 Å². The Morgan fingerprint density at radius 3 is 2.80 bits per heavy atom. The molecule has 114 valence electrons. The Morgan fingerprint density at radius 2 is 2.20 bits per heavy atom. The van der Waals surface area contributed by atoms with Gasteiger partial charge in [0.05, 0.1) is 16.9 Å². The van der Waals surface area contributed by atoms with Crippen molar-refractivity contribution in [2.24, 2.45) is 24.8 Å². The first-order valence-electron chi connectivity index (χ1n) is 7.87. The van der Waals surface area contributed by atoms with Gasteiger partial charge in [0.25, 0.3) is 0 Å². The third-order valence-electron chi connectivity index (χ3n) is 4.50. The Hall–Kier alpha value is -0.540. The van der Waals surface area contributed by atoms with Crippen LogP contribution in [0.25, 0.3) is 0 Å². The molecule has 0 amide bonds. The minimum Gasteiger partial charge on any atom is -0.316 e. The molecule has 1 aromatic rings. The van der Waals surface area contributed by atoms with E-state index in [1.54, 1.807) is 6.20 Å². The summed E-state index contributed by atoms with van der Waals surface area (Å²) in [6, 6.07) is 0. The van der Waals surface area contributed by atoms with Crippen molar-refractivity contribution in [2.45, 2.75) is 46.0 Å². The fraction of sp³-hybridized carbons (Fsp3) is 0.812. The molecule has 4 heteroatoms. The summed E-state index contributed by atoms with van der Waals surface area (Å²) in [6.45, 7) is 9.06. The maximum absolute atomic E-state index is 6.37. The number of hydrogen-bond acceptors (Lipinski definition) is 2. The lowest BCUT2D eigenvalue weighted by atomic mass is 9.73. The van der Waals surface area contributed by atoms with Crippen molar-refractivity contribution in [2.75, 3.05) is 13.1 Å². The molecule has 1 aliphatic rings. The largest absolute Gasteiger partial charge is 0.316 e. The Kier molecular flexibility index (Phi) is 5.50. The van der Waals surface area contributed by atoms with Crippen LogP contribution in [0.4, 0.5) is 0 Å². The van der Waals surface area contributed by atoms with E-state index in [9.17, 15) is 0 Å². The first-order valence-corrected chi connectivity index (χ1v) is 8.25. The lowest BCUT2D eigenvalue weighted by Crippen LogP contribution is -2.34. The van der Waals surface area contributed by atoms with Gasteiger partial charge in [0.2, 0.25) is 0 Å². The van der Waals surface area contributed by atoms with E-state index in [2.05, 4.69) is 31.2 Å². The van der Waals surface area contributed by atoms with Crippen LogP contribution in [0.3, 0.4) is 0 Å². The normalized spacial score (nSPS) is 27.2. The fourth-order valence-corrected chi connectivity index (χ4v) is 3.72. The van der Waals surface area contributed by atoms with E-state index in [0.717, 1.165) is 24.0 Å². The van der Waals surface area contributed by atoms with Crippen LogP contribution in [0.5, 0.6) is 0 Å². The number of aryl methyl sites for hydroxylation is 1. The van der Waals surface area contributed by atoms with E-state index in [4.69, 9.17) is 11.6 Å². The van der Waals surface area contributed by atoms with Crippen LogP contribution >= 0.6 is 11.6 Å². The van der Waals surface area contributed by atoms with Gasteiger partial charge >= 0.3 is 0 Å². The molecule has 1 aliphatic carbocycles. The second-order valence-electron chi connectivity index (χ2n) is 6.84. The maximum Gasteiger partial charge on any atom is 0.0820 e. The van der Waals surface area contributed by atoms with Crippen LogP contribution in [0.15, 0.2) is 6.20 Å². The van der Waals surface area contributed by atoms with Gasteiger partial charge in [0, 0.05) is 13.0 Å². The summed E-state index contributed by atoms with van der Waals surface area (Å²) in [6.07, 6.45) is 5.64. The molecular weight excluding hydrogens is 270 g/mol. The molecule has 20 heavy (non-hydrogen) atoms. The highest BCUT2D eigenvalue weighted by atomic mass is 35.5. The van der Waals surface area contributed by atoms with Gasteiger partial charge in [-0.05, 0) is 43.7 Å². The molecular formula is C16H28ClN3. The maximum atomic E-state index is 6.37. The zero-order valence-electron chi connectivity index (χ0n) is 13.2. The molecule has 0 radical (unpaired) electrons. The summed E-state index contributed by atoms with van der Waals surface area (Å²) in [7, 11) is 2.01. The molecule has 0 bridgehead atoms. The van der Waals surface area contributed by atoms with Crippen molar-refractivity contribution < 1.29 is 0 Å². The van der Waals surface area contributed by atoms with E-state index < -0.39 is 0 Å². The molecule has 3 atom stereocenters. The minimum atomic E-state index is 0.540. The minimum absolute atomic E-state index is 0.540. The molecule has 1 saturated carbocycles. The summed E-state index contributed by atoms with van der Waals surface area (Å²) in [5.41, 5.74) is 1.23. The number of nitrogens with one attached hydrogen (secondary N) is 1. The van der Waals surface area contributed by atoms with Crippen molar-refractivity contribution in [1.82, 2.24) is 15.1 Å². The van der Waals surface area contributed by atoms with Crippen LogP contribution in [0.2, 0.25) is 5.02 Å². The topological polar surface area (TPSA) is 29.9 Å². The summed E-state index contributed by atoms with van der Waals surface area (Å²) < 4.78 is 1.97. The van der Waals surface area contributed by atoms with E-state index in [0.29, 0.717) is 17.8 Å². The van der Waals surface area contributed by atoms with Crippen LogP contribution in [0, 0.1) is 17.8 Å². The van der Waals surface area contributed by atoms with Gasteiger partial charge in [-0.2, -0.15) is 5.10 Å². The van der Waals surface area contributed by atoms with Crippen molar-refractivity contribution in [1.29, 1.82) is 0 Å². The zero-order chi connectivity index (χ0) is 14.7. The smallest absolute Gasteiger partial charge is 0.0820 e. The fourth-order valence-electron chi connectivity index (χ4n) is 3.42. The molecule has 2 rings (SSSR count). The number of aromatic nitrogens is 2. The number of rotatable bonds is 5. The Bertz CT molecular complexity index is 408. The highest BCUT2D eigenvalue weighted by Gasteiger charge is 2.32. The van der Waals surface area contributed by atoms with Crippen molar-refractivity contribution >= 4 is 11.6 Å². The van der Waals surface area contributed by atoms with Gasteiger partial charge in [-0.15, -0.1) is 0 Å². The number of hydrogen-bond donors (Lipinski definition) is 1. The standard InChI is InChI=1S/C16H28ClN3/c1-11(2)8-18-9-13-6-5-12(3)7-14(13)16-15(17)10-19-20(16)4/h10-14,18H,5-9H2,1-4H3. The number of nitrogens with zero attached hydrogens (tertiary/aromatic N) is 2. The second kappa shape index (κ2) is 6.95. The summed E-state index contributed by atoms with van der Waals surface area (Å²) in [4.78, 5) is 0. The summed E-state index contributed by atoms with van der Waals surface area (Å²) >= 11 is 6.37. The lowest BCUT2D eigenvalue weighted by molar-refractivity contribution is 0.232. The molecule has 1 aromatic heterocycles. The number of halogens is 1. The predicted octanol–water partition coefficient (Wildman–Crippen LogP) is 3.84. The summed E-state index contributed by atoms with van der Waals surface area (Å²) in [5, 5.41) is 8.78. The SMILES string of the molecule is CC(C)CNCC1CCC(C)CC1c1c(Cl)cnn1C. The molecule has 0 aromatic carbocycles. The molecule has 3 unspecified atom stereocenters. The average molecular weight is 298 g/mol. The Morgan fingerprint density at radius 1 is 1.45 bits per heavy atom. The van der Waals surface area contributed by atoms with E-state index in [1.165, 1.54) is 25.0 Å². The van der Waals surface area contributed by atoms with Gasteiger partial charge in [-0.3, -0.25) is 4.68 Å². The van der Waals surface area contributed by atoms with Crippen LogP contribution in [0.1, 0.15) is 51.6 Å². The third kappa shape index (κ3) is 3.76. The third-order valence-corrected chi connectivity index (χ3v) is 4.79. The van der Waals surface area contributed by atoms with Crippen molar-refractivity contribution in [3.8, 4) is 0 Å². The van der Waals surface area contributed by atoms with E-state index in [1.807, 2.05) is 11.7 Å². The lowest BCUT2D eigenvalue weighted by Gasteiger charge is -2.35. The monoisotopic (exact) mass is 297 g/mol. The molecule has 0 aliphatic heterocycles. The molecule has 1 N–H and O–H groups in total. The quantitative estimate of drug-likeness (QED) is 0.895. The highest BCUT2D eigenvalue weighted by Crippen LogP contribution is 2.42. The van der Waals surface area contributed by atoms with Gasteiger partial charge < -0.3 is 5.32 Å². The molecule has 0 saturated heterocycles. The zero-order valence-corrected chi connectivity index (χ0v) is 14.0.